The second-order valence-electron chi connectivity index (χ2n) is 14.0. The fraction of sp³-hybridized carbons (Fsp3) is 0.500. The van der Waals surface area contributed by atoms with Crippen molar-refractivity contribution >= 4 is 11.9 Å². The Morgan fingerprint density at radius 1 is 0.826 bits per heavy atom. The molecule has 0 saturated carbocycles. The van der Waals surface area contributed by atoms with Crippen LogP contribution in [0.15, 0.2) is 59.6 Å². The number of aromatic hydroxyl groups is 1. The summed E-state index contributed by atoms with van der Waals surface area (Å²) in [5.41, 5.74) is 0.904. The molecular formula is C38H52N2O6. The van der Waals surface area contributed by atoms with E-state index in [2.05, 4.69) is 55.4 Å². The van der Waals surface area contributed by atoms with Gasteiger partial charge in [-0.05, 0) is 72.1 Å². The summed E-state index contributed by atoms with van der Waals surface area (Å²) in [6.45, 7) is 19.7. The minimum atomic E-state index is -1.77. The average molecular weight is 633 g/mol. The first-order valence-corrected chi connectivity index (χ1v) is 16.3. The smallest absolute Gasteiger partial charge is 0.270 e. The second kappa shape index (κ2) is 15.1. The molecule has 0 bridgehead atoms. The Hall–Kier alpha value is -3.91. The van der Waals surface area contributed by atoms with E-state index >= 15 is 0 Å². The number of aliphatic imine (C=N–C) groups is 1. The van der Waals surface area contributed by atoms with E-state index in [4.69, 9.17) is 14.5 Å². The van der Waals surface area contributed by atoms with Gasteiger partial charge < -0.3 is 19.7 Å². The molecule has 0 aliphatic heterocycles. The van der Waals surface area contributed by atoms with Gasteiger partial charge in [0.15, 0.2) is 0 Å². The summed E-state index contributed by atoms with van der Waals surface area (Å²) in [7, 11) is 0. The van der Waals surface area contributed by atoms with Crippen molar-refractivity contribution in [1.82, 2.24) is 0 Å². The number of hydrogen-bond donors (Lipinski definition) is 2. The van der Waals surface area contributed by atoms with Crippen molar-refractivity contribution in [3.05, 3.63) is 92.5 Å². The number of hydrogen-bond acceptors (Lipinski definition) is 7. The Morgan fingerprint density at radius 3 is 1.72 bits per heavy atom. The van der Waals surface area contributed by atoms with Gasteiger partial charge in [0.1, 0.15) is 22.8 Å². The number of ether oxygens (including phenoxy) is 2. The lowest BCUT2D eigenvalue weighted by Crippen LogP contribution is -2.39. The maximum absolute atomic E-state index is 13.3. The van der Waals surface area contributed by atoms with E-state index < -0.39 is 16.6 Å². The molecule has 0 unspecified atom stereocenters. The van der Waals surface area contributed by atoms with Crippen LogP contribution in [-0.4, -0.2) is 40.6 Å². The Balaban J connectivity index is 2.39. The van der Waals surface area contributed by atoms with Gasteiger partial charge in [0.25, 0.3) is 5.69 Å². The number of aliphatic hydroxyl groups is 1. The quantitative estimate of drug-likeness (QED) is 0.0793. The molecule has 1 atom stereocenters. The molecule has 3 rings (SSSR count). The number of rotatable bonds is 14. The highest BCUT2D eigenvalue weighted by Crippen LogP contribution is 2.46. The molecule has 0 aliphatic carbocycles. The van der Waals surface area contributed by atoms with Gasteiger partial charge in [-0.1, -0.05) is 80.4 Å². The van der Waals surface area contributed by atoms with Gasteiger partial charge in [-0.25, -0.2) is 0 Å². The first kappa shape index (κ1) is 36.6. The van der Waals surface area contributed by atoms with E-state index in [-0.39, 0.29) is 27.8 Å². The number of phenols is 1. The standard InChI is InChI=1S/C38H52N2O6/c1-10-12-20-45-34-18-14-28(36(4,5)6)23-31(34)38(42,26(3)39-25-27-22-30(40(43)44)16-17-33(27)41)32-24-29(37(7,8)9)15-19-35(32)46-21-13-11-2/h14-19,22-26,41-42H,10-13,20-21H2,1-9H3/t26-/m1/s1. The van der Waals surface area contributed by atoms with Crippen LogP contribution in [0.3, 0.4) is 0 Å². The molecule has 0 aliphatic rings. The van der Waals surface area contributed by atoms with Crippen molar-refractivity contribution in [1.29, 1.82) is 0 Å². The van der Waals surface area contributed by atoms with Crippen molar-refractivity contribution in [2.75, 3.05) is 13.2 Å². The Labute approximate surface area is 274 Å². The number of nitro benzene ring substituents is 1. The van der Waals surface area contributed by atoms with Crippen LogP contribution in [0.2, 0.25) is 0 Å². The molecule has 0 fully saturated rings. The van der Waals surface area contributed by atoms with E-state index in [1.54, 1.807) is 6.92 Å². The highest BCUT2D eigenvalue weighted by Gasteiger charge is 2.43. The molecule has 0 saturated heterocycles. The number of non-ortho nitro benzene ring substituents is 1. The predicted molar refractivity (Wildman–Crippen MR) is 186 cm³/mol. The Kier molecular flexibility index (Phi) is 12.0. The number of unbranched alkanes of at least 4 members (excludes halogenated alkanes) is 2. The van der Waals surface area contributed by atoms with Gasteiger partial charge in [-0.3, -0.25) is 15.1 Å². The zero-order valence-electron chi connectivity index (χ0n) is 29.0. The van der Waals surface area contributed by atoms with Crippen LogP contribution in [0.25, 0.3) is 0 Å². The fourth-order valence-corrected chi connectivity index (χ4v) is 5.15. The third kappa shape index (κ3) is 8.66. The van der Waals surface area contributed by atoms with Crippen molar-refractivity contribution < 1.29 is 24.6 Å². The van der Waals surface area contributed by atoms with Gasteiger partial charge in [-0.2, -0.15) is 0 Å². The van der Waals surface area contributed by atoms with Gasteiger partial charge in [-0.15, -0.1) is 0 Å². The third-order valence-electron chi connectivity index (χ3n) is 8.29. The first-order valence-electron chi connectivity index (χ1n) is 16.3. The zero-order valence-corrected chi connectivity index (χ0v) is 29.0. The molecule has 3 aromatic rings. The Bertz CT molecular complexity index is 1450. The minimum absolute atomic E-state index is 0.151. The van der Waals surface area contributed by atoms with Crippen LogP contribution in [0.1, 0.15) is 116 Å². The molecule has 46 heavy (non-hydrogen) atoms. The van der Waals surface area contributed by atoms with Crippen LogP contribution in [0.4, 0.5) is 5.69 Å². The monoisotopic (exact) mass is 632 g/mol. The first-order chi connectivity index (χ1) is 21.5. The largest absolute Gasteiger partial charge is 0.507 e. The summed E-state index contributed by atoms with van der Waals surface area (Å²) < 4.78 is 12.7. The van der Waals surface area contributed by atoms with E-state index in [1.807, 2.05) is 36.4 Å². The molecule has 0 radical (unpaired) electrons. The lowest BCUT2D eigenvalue weighted by Gasteiger charge is -2.37. The average Bonchev–Trinajstić information content (AvgIpc) is 2.99. The molecule has 0 heterocycles. The van der Waals surface area contributed by atoms with Crippen molar-refractivity contribution in [2.24, 2.45) is 4.99 Å². The molecule has 8 heteroatoms. The number of phenolic OH excluding ortho intramolecular Hbond substituents is 1. The number of nitrogens with zero attached hydrogens (tertiary/aromatic N) is 2. The van der Waals surface area contributed by atoms with E-state index in [0.29, 0.717) is 35.8 Å². The molecular weight excluding hydrogens is 580 g/mol. The lowest BCUT2D eigenvalue weighted by molar-refractivity contribution is -0.384. The molecule has 2 N–H and O–H groups in total. The minimum Gasteiger partial charge on any atom is -0.507 e. The molecule has 250 valence electrons. The van der Waals surface area contributed by atoms with E-state index in [0.717, 1.165) is 36.8 Å². The normalized spacial score (nSPS) is 13.2. The summed E-state index contributed by atoms with van der Waals surface area (Å²) in [6, 6.07) is 14.8. The molecule has 3 aromatic carbocycles. The van der Waals surface area contributed by atoms with E-state index in [9.17, 15) is 20.3 Å². The summed E-state index contributed by atoms with van der Waals surface area (Å²) in [5.74, 6) is 0.941. The topological polar surface area (TPSA) is 114 Å². The summed E-state index contributed by atoms with van der Waals surface area (Å²) in [5, 5.41) is 35.3. The highest BCUT2D eigenvalue weighted by molar-refractivity contribution is 5.84. The van der Waals surface area contributed by atoms with Crippen LogP contribution >= 0.6 is 0 Å². The van der Waals surface area contributed by atoms with Gasteiger partial charge in [0.05, 0.1) is 24.2 Å². The van der Waals surface area contributed by atoms with Crippen LogP contribution in [-0.2, 0) is 16.4 Å². The van der Waals surface area contributed by atoms with Crippen molar-refractivity contribution in [3.63, 3.8) is 0 Å². The van der Waals surface area contributed by atoms with Crippen LogP contribution in [0.5, 0.6) is 17.2 Å². The number of nitro groups is 1. The molecule has 0 spiro atoms. The van der Waals surface area contributed by atoms with E-state index in [1.165, 1.54) is 24.4 Å². The second-order valence-corrected chi connectivity index (χ2v) is 14.0. The fourth-order valence-electron chi connectivity index (χ4n) is 5.15. The van der Waals surface area contributed by atoms with Gasteiger partial charge in [0.2, 0.25) is 0 Å². The lowest BCUT2D eigenvalue weighted by atomic mass is 9.75. The number of benzene rings is 3. The maximum Gasteiger partial charge on any atom is 0.270 e. The molecule has 0 amide bonds. The summed E-state index contributed by atoms with van der Waals surface area (Å²) >= 11 is 0. The van der Waals surface area contributed by atoms with Crippen LogP contribution in [0, 0.1) is 10.1 Å². The summed E-state index contributed by atoms with van der Waals surface area (Å²) in [6.07, 6.45) is 4.99. The van der Waals surface area contributed by atoms with Crippen molar-refractivity contribution in [2.45, 2.75) is 110 Å². The van der Waals surface area contributed by atoms with Crippen LogP contribution < -0.4 is 9.47 Å². The van der Waals surface area contributed by atoms with Gasteiger partial charge >= 0.3 is 0 Å². The highest BCUT2D eigenvalue weighted by atomic mass is 16.6. The SMILES string of the molecule is CCCCOc1ccc(C(C)(C)C)cc1C(O)(c1cc(C(C)(C)C)ccc1OCCCC)[C@@H](C)N=Cc1cc([N+](=O)[O-])ccc1O. The summed E-state index contributed by atoms with van der Waals surface area (Å²) in [4.78, 5) is 15.7. The molecule has 8 nitrogen and oxygen atoms in total. The Morgan fingerprint density at radius 2 is 1.30 bits per heavy atom. The van der Waals surface area contributed by atoms with Crippen molar-refractivity contribution in [3.8, 4) is 17.2 Å². The molecule has 0 aromatic heterocycles. The van der Waals surface area contributed by atoms with Gasteiger partial charge in [0, 0.05) is 35.0 Å². The maximum atomic E-state index is 13.3. The third-order valence-corrected chi connectivity index (χ3v) is 8.29. The predicted octanol–water partition coefficient (Wildman–Crippen LogP) is 9.00. The zero-order chi connectivity index (χ0) is 34.3.